The van der Waals surface area contributed by atoms with Gasteiger partial charge in [-0.15, -0.1) is 0 Å². The minimum atomic E-state index is 0.624. The number of nitrogens with zero attached hydrogens (tertiary/aromatic N) is 1. The van der Waals surface area contributed by atoms with Crippen LogP contribution in [0.3, 0.4) is 0 Å². The predicted molar refractivity (Wildman–Crippen MR) is 94.9 cm³/mol. The van der Waals surface area contributed by atoms with Crippen molar-refractivity contribution in [2.24, 2.45) is 0 Å². The highest BCUT2D eigenvalue weighted by Crippen LogP contribution is 2.37. The van der Waals surface area contributed by atoms with Gasteiger partial charge in [-0.25, -0.2) is 0 Å². The van der Waals surface area contributed by atoms with Gasteiger partial charge >= 0.3 is 0 Å². The number of hydroxylamine groups is 2. The molecule has 0 N–H and O–H groups in total. The Bertz CT molecular complexity index is 623. The van der Waals surface area contributed by atoms with Crippen molar-refractivity contribution in [3.63, 3.8) is 0 Å². The first-order valence-electron chi connectivity index (χ1n) is 6.86. The first kappa shape index (κ1) is 14.8. The lowest BCUT2D eigenvalue weighted by Gasteiger charge is -2.30. The number of benzene rings is 2. The molecule has 0 saturated carbocycles. The van der Waals surface area contributed by atoms with Crippen molar-refractivity contribution in [3.05, 3.63) is 43.9 Å². The molecular formula is C16H17BrINO. The predicted octanol–water partition coefficient (Wildman–Crippen LogP) is 4.95. The van der Waals surface area contributed by atoms with Gasteiger partial charge < -0.3 is 4.84 Å². The molecule has 4 heteroatoms. The summed E-state index contributed by atoms with van der Waals surface area (Å²) in [5, 5.41) is 4.67. The first-order chi connectivity index (χ1) is 9.69. The fraction of sp³-hybridized carbons (Fsp3) is 0.375. The molecule has 0 radical (unpaired) electrons. The Labute approximate surface area is 141 Å². The van der Waals surface area contributed by atoms with Crippen LogP contribution in [0.15, 0.2) is 34.8 Å². The number of rotatable bonds is 2. The number of hydrogen-bond acceptors (Lipinski definition) is 2. The van der Waals surface area contributed by atoms with E-state index in [0.717, 1.165) is 25.9 Å². The molecule has 2 aromatic rings. The second-order valence-corrected chi connectivity index (χ2v) is 7.26. The highest BCUT2D eigenvalue weighted by molar-refractivity contribution is 14.1. The van der Waals surface area contributed by atoms with Gasteiger partial charge in [-0.2, -0.15) is 5.06 Å². The van der Waals surface area contributed by atoms with E-state index in [2.05, 4.69) is 68.9 Å². The lowest BCUT2D eigenvalue weighted by Crippen LogP contribution is -2.32. The zero-order valence-corrected chi connectivity index (χ0v) is 15.1. The molecule has 0 aliphatic carbocycles. The molecule has 2 aromatic carbocycles. The van der Waals surface area contributed by atoms with Crippen LogP contribution in [0.1, 0.15) is 24.3 Å². The van der Waals surface area contributed by atoms with Gasteiger partial charge in [0.2, 0.25) is 0 Å². The zero-order chi connectivity index (χ0) is 14.1. The number of halogens is 2. The van der Waals surface area contributed by atoms with E-state index in [-0.39, 0.29) is 0 Å². The molecule has 1 fully saturated rings. The molecule has 0 unspecified atom stereocenters. The van der Waals surface area contributed by atoms with E-state index in [9.17, 15) is 0 Å². The fourth-order valence-electron chi connectivity index (χ4n) is 2.94. The SMILES string of the molecule is CON1CCC(c2ccc3cc(I)ccc3c2Br)CC1. The topological polar surface area (TPSA) is 12.5 Å². The molecule has 1 saturated heterocycles. The van der Waals surface area contributed by atoms with Gasteiger partial charge in [-0.05, 0) is 85.7 Å². The molecule has 3 rings (SSSR count). The monoisotopic (exact) mass is 445 g/mol. The molecule has 20 heavy (non-hydrogen) atoms. The first-order valence-corrected chi connectivity index (χ1v) is 8.73. The molecule has 106 valence electrons. The van der Waals surface area contributed by atoms with E-state index in [1.54, 1.807) is 7.11 Å². The highest BCUT2D eigenvalue weighted by atomic mass is 127. The van der Waals surface area contributed by atoms with Crippen LogP contribution >= 0.6 is 38.5 Å². The third-order valence-corrected chi connectivity index (χ3v) is 5.65. The van der Waals surface area contributed by atoms with Gasteiger partial charge in [0.1, 0.15) is 0 Å². The van der Waals surface area contributed by atoms with Crippen LogP contribution in [0.25, 0.3) is 10.8 Å². The number of hydrogen-bond donors (Lipinski definition) is 0. The van der Waals surface area contributed by atoms with E-state index < -0.39 is 0 Å². The summed E-state index contributed by atoms with van der Waals surface area (Å²) in [5.74, 6) is 0.624. The molecule has 1 heterocycles. The van der Waals surface area contributed by atoms with Gasteiger partial charge in [-0.1, -0.05) is 18.2 Å². The summed E-state index contributed by atoms with van der Waals surface area (Å²) in [6.45, 7) is 2.02. The van der Waals surface area contributed by atoms with Gasteiger partial charge in [0, 0.05) is 21.1 Å². The van der Waals surface area contributed by atoms with Crippen LogP contribution < -0.4 is 0 Å². The third kappa shape index (κ3) is 2.89. The van der Waals surface area contributed by atoms with Crippen LogP contribution in [0.2, 0.25) is 0 Å². The van der Waals surface area contributed by atoms with Crippen molar-refractivity contribution in [2.45, 2.75) is 18.8 Å². The number of piperidine rings is 1. The summed E-state index contributed by atoms with van der Waals surface area (Å²) in [4.78, 5) is 5.31. The molecule has 0 spiro atoms. The summed E-state index contributed by atoms with van der Waals surface area (Å²) in [7, 11) is 1.76. The Hall–Kier alpha value is -0.170. The smallest absolute Gasteiger partial charge is 0.0575 e. The van der Waals surface area contributed by atoms with Crippen molar-refractivity contribution < 1.29 is 4.84 Å². The second kappa shape index (κ2) is 6.30. The van der Waals surface area contributed by atoms with E-state index in [0.29, 0.717) is 5.92 Å². The molecule has 0 bridgehead atoms. The second-order valence-electron chi connectivity index (χ2n) is 5.22. The summed E-state index contributed by atoms with van der Waals surface area (Å²) < 4.78 is 2.55. The average Bonchev–Trinajstić information content (AvgIpc) is 2.48. The highest BCUT2D eigenvalue weighted by Gasteiger charge is 2.22. The van der Waals surface area contributed by atoms with E-state index in [1.165, 1.54) is 24.4 Å². The Morgan fingerprint density at radius 2 is 1.95 bits per heavy atom. The summed E-state index contributed by atoms with van der Waals surface area (Å²) in [6.07, 6.45) is 2.31. The molecule has 1 aliphatic heterocycles. The fourth-order valence-corrected chi connectivity index (χ4v) is 4.28. The van der Waals surface area contributed by atoms with E-state index >= 15 is 0 Å². The molecule has 0 aromatic heterocycles. The Morgan fingerprint density at radius 3 is 2.65 bits per heavy atom. The van der Waals surface area contributed by atoms with Crippen molar-refractivity contribution in [2.75, 3.05) is 20.2 Å². The quantitative estimate of drug-likeness (QED) is 0.606. The van der Waals surface area contributed by atoms with Crippen LogP contribution in [-0.4, -0.2) is 25.3 Å². The average molecular weight is 446 g/mol. The zero-order valence-electron chi connectivity index (χ0n) is 11.4. The summed E-state index contributed by atoms with van der Waals surface area (Å²) in [5.41, 5.74) is 1.44. The van der Waals surface area contributed by atoms with Crippen molar-refractivity contribution in [1.29, 1.82) is 0 Å². The molecule has 0 amide bonds. The lowest BCUT2D eigenvalue weighted by molar-refractivity contribution is -0.143. The van der Waals surface area contributed by atoms with Crippen LogP contribution in [0.5, 0.6) is 0 Å². The van der Waals surface area contributed by atoms with Gasteiger partial charge in [-0.3, -0.25) is 0 Å². The Balaban J connectivity index is 1.93. The molecule has 0 atom stereocenters. The Morgan fingerprint density at radius 1 is 1.20 bits per heavy atom. The lowest BCUT2D eigenvalue weighted by atomic mass is 9.89. The van der Waals surface area contributed by atoms with E-state index in [1.807, 2.05) is 5.06 Å². The summed E-state index contributed by atoms with van der Waals surface area (Å²) >= 11 is 6.19. The van der Waals surface area contributed by atoms with Gasteiger partial charge in [0.15, 0.2) is 0 Å². The minimum absolute atomic E-state index is 0.624. The van der Waals surface area contributed by atoms with Crippen molar-refractivity contribution >= 4 is 49.3 Å². The largest absolute Gasteiger partial charge is 0.302 e. The maximum absolute atomic E-state index is 5.31. The maximum Gasteiger partial charge on any atom is 0.0575 e. The Kier molecular flexibility index (Phi) is 4.65. The maximum atomic E-state index is 5.31. The van der Waals surface area contributed by atoms with Crippen LogP contribution in [0.4, 0.5) is 0 Å². The standard InChI is InChI=1S/C16H17BrINO/c1-20-19-8-6-11(7-9-19)14-4-2-12-10-13(18)3-5-15(12)16(14)17/h2-5,10-11H,6-9H2,1H3. The van der Waals surface area contributed by atoms with Gasteiger partial charge in [0.25, 0.3) is 0 Å². The van der Waals surface area contributed by atoms with Crippen LogP contribution in [-0.2, 0) is 4.84 Å². The molecule has 1 aliphatic rings. The normalized spacial score (nSPS) is 17.8. The minimum Gasteiger partial charge on any atom is -0.302 e. The van der Waals surface area contributed by atoms with Crippen LogP contribution in [0, 0.1) is 3.57 Å². The summed E-state index contributed by atoms with van der Waals surface area (Å²) in [6, 6.07) is 11.2. The number of fused-ring (bicyclic) bond motifs is 1. The molecule has 2 nitrogen and oxygen atoms in total. The molecular weight excluding hydrogens is 429 g/mol. The van der Waals surface area contributed by atoms with Gasteiger partial charge in [0.05, 0.1) is 7.11 Å². The van der Waals surface area contributed by atoms with Crippen molar-refractivity contribution in [3.8, 4) is 0 Å². The van der Waals surface area contributed by atoms with Crippen molar-refractivity contribution in [1.82, 2.24) is 5.06 Å². The van der Waals surface area contributed by atoms with E-state index in [4.69, 9.17) is 4.84 Å². The third-order valence-electron chi connectivity index (χ3n) is 4.10.